The number of aliphatic hydroxyl groups excluding tert-OH is 1. The van der Waals surface area contributed by atoms with Crippen molar-refractivity contribution in [1.82, 2.24) is 10.2 Å². The third-order valence-corrected chi connectivity index (χ3v) is 4.61. The molecule has 3 rings (SSSR count). The Balaban J connectivity index is 0.00000176. The molecule has 1 aromatic rings. The number of β-amino-alcohol motifs (C(OH)–C–C–N with tert-alkyl or cyclic N) is 1. The first kappa shape index (κ1) is 17.2. The molecule has 2 aliphatic heterocycles. The molecule has 2 aliphatic rings. The highest BCUT2D eigenvalue weighted by Gasteiger charge is 2.38. The number of carbonyl (C=O) groups excluding carboxylic acids is 1. The Hall–Kier alpha value is -1.17. The number of hydrogen-bond acceptors (Lipinski definition) is 3. The number of rotatable bonds is 2. The van der Waals surface area contributed by atoms with Gasteiger partial charge in [0.15, 0.2) is 0 Å². The van der Waals surface area contributed by atoms with Crippen molar-refractivity contribution in [1.29, 1.82) is 0 Å². The monoisotopic (exact) mass is 328 g/mol. The Morgan fingerprint density at radius 2 is 2.00 bits per heavy atom. The zero-order valence-electron chi connectivity index (χ0n) is 12.5. The van der Waals surface area contributed by atoms with Crippen LogP contribution >= 0.6 is 12.4 Å². The van der Waals surface area contributed by atoms with Gasteiger partial charge in [-0.05, 0) is 37.5 Å². The molecule has 22 heavy (non-hydrogen) atoms. The fraction of sp³-hybridized carbons (Fsp3) is 0.562. The van der Waals surface area contributed by atoms with Crippen LogP contribution in [0.25, 0.3) is 0 Å². The first-order valence-electron chi connectivity index (χ1n) is 7.52. The summed E-state index contributed by atoms with van der Waals surface area (Å²) in [7, 11) is 0. The van der Waals surface area contributed by atoms with Crippen LogP contribution in [0.4, 0.5) is 4.39 Å². The van der Waals surface area contributed by atoms with Gasteiger partial charge in [0, 0.05) is 25.0 Å². The molecular weight excluding hydrogens is 307 g/mol. The molecule has 2 saturated heterocycles. The predicted octanol–water partition coefficient (Wildman–Crippen LogP) is 1.67. The minimum absolute atomic E-state index is 0. The molecule has 0 saturated carbocycles. The molecule has 0 spiro atoms. The van der Waals surface area contributed by atoms with Crippen molar-refractivity contribution in [2.24, 2.45) is 0 Å². The molecule has 2 heterocycles. The zero-order valence-corrected chi connectivity index (χ0v) is 13.4. The topological polar surface area (TPSA) is 52.6 Å². The van der Waals surface area contributed by atoms with Gasteiger partial charge in [-0.1, -0.05) is 12.1 Å². The number of hydrogen-bond donors (Lipinski definition) is 2. The quantitative estimate of drug-likeness (QED) is 0.868. The molecule has 1 amide bonds. The molecule has 1 aromatic carbocycles. The van der Waals surface area contributed by atoms with Gasteiger partial charge in [-0.3, -0.25) is 4.79 Å². The van der Waals surface area contributed by atoms with Gasteiger partial charge in [0.05, 0.1) is 12.1 Å². The van der Waals surface area contributed by atoms with E-state index in [4.69, 9.17) is 0 Å². The van der Waals surface area contributed by atoms with Crippen LogP contribution in [-0.4, -0.2) is 47.2 Å². The van der Waals surface area contributed by atoms with Gasteiger partial charge in [0.25, 0.3) is 0 Å². The average Bonchev–Trinajstić information content (AvgIpc) is 3.05. The molecule has 0 bridgehead atoms. The van der Waals surface area contributed by atoms with E-state index in [1.807, 2.05) is 11.8 Å². The number of likely N-dealkylation sites (tertiary alicyclic amines) is 1. The Kier molecular flexibility index (Phi) is 5.42. The van der Waals surface area contributed by atoms with Crippen LogP contribution in [0, 0.1) is 5.82 Å². The average molecular weight is 329 g/mol. The maximum absolute atomic E-state index is 13.0. The molecule has 2 N–H and O–H groups in total. The summed E-state index contributed by atoms with van der Waals surface area (Å²) in [5, 5.41) is 12.6. The summed E-state index contributed by atoms with van der Waals surface area (Å²) >= 11 is 0. The molecular formula is C16H22ClFN2O2. The number of carbonyl (C=O) groups is 1. The Morgan fingerprint density at radius 3 is 2.59 bits per heavy atom. The number of halogens is 2. The van der Waals surface area contributed by atoms with E-state index in [0.717, 1.165) is 12.0 Å². The maximum atomic E-state index is 13.0. The van der Waals surface area contributed by atoms with Crippen LogP contribution in [0.2, 0.25) is 0 Å². The summed E-state index contributed by atoms with van der Waals surface area (Å²) in [5.74, 6) is 0.0985. The van der Waals surface area contributed by atoms with Gasteiger partial charge in [-0.25, -0.2) is 4.39 Å². The van der Waals surface area contributed by atoms with Crippen molar-refractivity contribution >= 4 is 18.3 Å². The van der Waals surface area contributed by atoms with E-state index in [1.54, 1.807) is 12.1 Å². The van der Waals surface area contributed by atoms with Gasteiger partial charge < -0.3 is 15.3 Å². The van der Waals surface area contributed by atoms with E-state index in [1.165, 1.54) is 12.1 Å². The minimum Gasteiger partial charge on any atom is -0.392 e. The van der Waals surface area contributed by atoms with Crippen LogP contribution in [0.15, 0.2) is 24.3 Å². The van der Waals surface area contributed by atoms with Crippen LogP contribution < -0.4 is 5.32 Å². The lowest BCUT2D eigenvalue weighted by Crippen LogP contribution is -2.45. The smallest absolute Gasteiger partial charge is 0.240 e. The fourth-order valence-electron chi connectivity index (χ4n) is 3.42. The highest BCUT2D eigenvalue weighted by atomic mass is 35.5. The molecule has 4 unspecified atom stereocenters. The second kappa shape index (κ2) is 6.94. The normalized spacial score (nSPS) is 31.1. The summed E-state index contributed by atoms with van der Waals surface area (Å²) in [5.41, 5.74) is 1.08. The molecule has 4 atom stereocenters. The van der Waals surface area contributed by atoms with Crippen molar-refractivity contribution in [3.8, 4) is 0 Å². The lowest BCUT2D eigenvalue weighted by Gasteiger charge is -2.25. The summed E-state index contributed by atoms with van der Waals surface area (Å²) in [6.07, 6.45) is 0.959. The third kappa shape index (κ3) is 3.42. The molecule has 6 heteroatoms. The van der Waals surface area contributed by atoms with Crippen LogP contribution in [0.5, 0.6) is 0 Å². The van der Waals surface area contributed by atoms with E-state index in [0.29, 0.717) is 19.5 Å². The predicted molar refractivity (Wildman–Crippen MR) is 84.6 cm³/mol. The standard InChI is InChI=1S/C16H21FN2O2.ClH/c1-10-6-12(11-2-4-13(17)5-3-11)9-19(10)16(21)15-7-14(20)8-18-15;/h2-5,10,12,14-15,18,20H,6-9H2,1H3;1H. The number of aliphatic hydroxyl groups is 1. The van der Waals surface area contributed by atoms with E-state index < -0.39 is 6.10 Å². The second-order valence-electron chi connectivity index (χ2n) is 6.17. The molecule has 122 valence electrons. The van der Waals surface area contributed by atoms with Crippen LogP contribution in [-0.2, 0) is 4.79 Å². The Morgan fingerprint density at radius 1 is 1.32 bits per heavy atom. The SMILES string of the molecule is CC1CC(c2ccc(F)cc2)CN1C(=O)C1CC(O)CN1.Cl. The number of benzene rings is 1. The molecule has 0 radical (unpaired) electrons. The zero-order chi connectivity index (χ0) is 15.0. The lowest BCUT2D eigenvalue weighted by molar-refractivity contribution is -0.133. The van der Waals surface area contributed by atoms with Gasteiger partial charge in [0.1, 0.15) is 5.82 Å². The summed E-state index contributed by atoms with van der Waals surface area (Å²) in [6.45, 7) is 3.20. The summed E-state index contributed by atoms with van der Waals surface area (Å²) < 4.78 is 13.0. The summed E-state index contributed by atoms with van der Waals surface area (Å²) in [6, 6.07) is 6.46. The minimum atomic E-state index is -0.426. The molecule has 2 fully saturated rings. The molecule has 0 aliphatic carbocycles. The van der Waals surface area contributed by atoms with E-state index in [2.05, 4.69) is 5.32 Å². The van der Waals surface area contributed by atoms with Crippen LogP contribution in [0.1, 0.15) is 31.2 Å². The van der Waals surface area contributed by atoms with Gasteiger partial charge in [0.2, 0.25) is 5.91 Å². The summed E-state index contributed by atoms with van der Waals surface area (Å²) in [4.78, 5) is 14.4. The van der Waals surface area contributed by atoms with E-state index in [9.17, 15) is 14.3 Å². The van der Waals surface area contributed by atoms with Crippen molar-refractivity contribution < 1.29 is 14.3 Å². The highest BCUT2D eigenvalue weighted by Crippen LogP contribution is 2.32. The number of nitrogens with zero attached hydrogens (tertiary/aromatic N) is 1. The van der Waals surface area contributed by atoms with E-state index >= 15 is 0 Å². The van der Waals surface area contributed by atoms with Crippen LogP contribution in [0.3, 0.4) is 0 Å². The Bertz CT molecular complexity index is 525. The van der Waals surface area contributed by atoms with Gasteiger partial charge in [-0.2, -0.15) is 0 Å². The van der Waals surface area contributed by atoms with Gasteiger partial charge in [-0.15, -0.1) is 12.4 Å². The first-order valence-corrected chi connectivity index (χ1v) is 7.52. The second-order valence-corrected chi connectivity index (χ2v) is 6.17. The maximum Gasteiger partial charge on any atom is 0.240 e. The number of nitrogens with one attached hydrogen (secondary N) is 1. The number of amides is 1. The molecule has 4 nitrogen and oxygen atoms in total. The lowest BCUT2D eigenvalue weighted by atomic mass is 9.97. The Labute approximate surface area is 136 Å². The largest absolute Gasteiger partial charge is 0.392 e. The highest BCUT2D eigenvalue weighted by molar-refractivity contribution is 5.85. The van der Waals surface area contributed by atoms with Crippen molar-refractivity contribution in [3.63, 3.8) is 0 Å². The van der Waals surface area contributed by atoms with Gasteiger partial charge >= 0.3 is 0 Å². The fourth-order valence-corrected chi connectivity index (χ4v) is 3.42. The molecule has 0 aromatic heterocycles. The third-order valence-electron chi connectivity index (χ3n) is 4.61. The van der Waals surface area contributed by atoms with E-state index in [-0.39, 0.29) is 42.1 Å². The van der Waals surface area contributed by atoms with Crippen molar-refractivity contribution in [2.75, 3.05) is 13.1 Å². The van der Waals surface area contributed by atoms with Crippen molar-refractivity contribution in [3.05, 3.63) is 35.6 Å². The van der Waals surface area contributed by atoms with Crippen molar-refractivity contribution in [2.45, 2.75) is 43.9 Å². The first-order chi connectivity index (χ1) is 10.0.